The highest BCUT2D eigenvalue weighted by atomic mass is 32.2. The Morgan fingerprint density at radius 1 is 1.42 bits per heavy atom. The Hall–Kier alpha value is -1.60. The highest BCUT2D eigenvalue weighted by Crippen LogP contribution is 2.20. The van der Waals surface area contributed by atoms with Crippen molar-refractivity contribution in [2.24, 2.45) is 0 Å². The monoisotopic (exact) mass is 295 g/mol. The SMILES string of the molecule is O=C([O-])CSCC1NC(=S)N(c2ccccc2)C1=O. The van der Waals surface area contributed by atoms with Gasteiger partial charge in [-0.05, 0) is 24.4 Å². The Bertz CT molecular complexity index is 507. The first-order valence-electron chi connectivity index (χ1n) is 5.56. The molecule has 1 aromatic carbocycles. The molecule has 1 atom stereocenters. The lowest BCUT2D eigenvalue weighted by molar-refractivity contribution is -0.301. The number of anilines is 1. The molecule has 1 amide bonds. The van der Waals surface area contributed by atoms with Crippen molar-refractivity contribution >= 4 is 46.7 Å². The van der Waals surface area contributed by atoms with E-state index < -0.39 is 12.0 Å². The Kier molecular flexibility index (Phi) is 4.39. The quantitative estimate of drug-likeness (QED) is 0.756. The van der Waals surface area contributed by atoms with Crippen LogP contribution in [-0.4, -0.2) is 34.5 Å². The molecule has 1 aliphatic rings. The van der Waals surface area contributed by atoms with Crippen LogP contribution in [0.2, 0.25) is 0 Å². The van der Waals surface area contributed by atoms with Crippen LogP contribution in [0.5, 0.6) is 0 Å². The van der Waals surface area contributed by atoms with Crippen molar-refractivity contribution in [3.63, 3.8) is 0 Å². The molecule has 0 spiro atoms. The Morgan fingerprint density at radius 2 is 2.11 bits per heavy atom. The lowest BCUT2D eigenvalue weighted by Gasteiger charge is -2.14. The van der Waals surface area contributed by atoms with E-state index in [1.807, 2.05) is 18.2 Å². The smallest absolute Gasteiger partial charge is 0.256 e. The van der Waals surface area contributed by atoms with Crippen molar-refractivity contribution in [2.75, 3.05) is 16.4 Å². The predicted molar refractivity (Wildman–Crippen MR) is 75.8 cm³/mol. The lowest BCUT2D eigenvalue weighted by Crippen LogP contribution is -2.33. The molecule has 0 saturated carbocycles. The van der Waals surface area contributed by atoms with Crippen LogP contribution >= 0.6 is 24.0 Å². The molecule has 2 rings (SSSR count). The number of hydrogen-bond donors (Lipinski definition) is 1. The summed E-state index contributed by atoms with van der Waals surface area (Å²) in [4.78, 5) is 24.0. The van der Waals surface area contributed by atoms with Crippen molar-refractivity contribution in [1.82, 2.24) is 5.32 Å². The summed E-state index contributed by atoms with van der Waals surface area (Å²) in [6.45, 7) is 0. The molecule has 1 unspecified atom stereocenters. The summed E-state index contributed by atoms with van der Waals surface area (Å²) < 4.78 is 0. The van der Waals surface area contributed by atoms with E-state index in [2.05, 4.69) is 5.32 Å². The predicted octanol–water partition coefficient (Wildman–Crippen LogP) is -0.241. The van der Waals surface area contributed by atoms with E-state index in [4.69, 9.17) is 12.2 Å². The van der Waals surface area contributed by atoms with Gasteiger partial charge in [0.1, 0.15) is 6.04 Å². The van der Waals surface area contributed by atoms with E-state index >= 15 is 0 Å². The van der Waals surface area contributed by atoms with Crippen LogP contribution in [0.4, 0.5) is 5.69 Å². The molecule has 0 bridgehead atoms. The minimum absolute atomic E-state index is 0.135. The van der Waals surface area contributed by atoms with Gasteiger partial charge in [-0.3, -0.25) is 9.69 Å². The van der Waals surface area contributed by atoms with Crippen LogP contribution in [0.15, 0.2) is 30.3 Å². The van der Waals surface area contributed by atoms with Gasteiger partial charge in [0, 0.05) is 11.5 Å². The van der Waals surface area contributed by atoms with E-state index in [0.717, 1.165) is 11.8 Å². The van der Waals surface area contributed by atoms with Gasteiger partial charge in [-0.2, -0.15) is 11.8 Å². The maximum atomic E-state index is 12.2. The van der Waals surface area contributed by atoms with E-state index in [-0.39, 0.29) is 11.7 Å². The van der Waals surface area contributed by atoms with Gasteiger partial charge in [-0.25, -0.2) is 0 Å². The van der Waals surface area contributed by atoms with Crippen LogP contribution in [0, 0.1) is 0 Å². The fourth-order valence-electron chi connectivity index (χ4n) is 1.73. The van der Waals surface area contributed by atoms with E-state index in [1.165, 1.54) is 4.90 Å². The van der Waals surface area contributed by atoms with Gasteiger partial charge < -0.3 is 15.2 Å². The molecule has 1 aliphatic heterocycles. The van der Waals surface area contributed by atoms with Gasteiger partial charge in [0.05, 0.1) is 11.7 Å². The molecular weight excluding hydrogens is 284 g/mol. The summed E-state index contributed by atoms with van der Waals surface area (Å²) in [7, 11) is 0. The minimum Gasteiger partial charge on any atom is -0.549 e. The highest BCUT2D eigenvalue weighted by molar-refractivity contribution is 8.00. The largest absolute Gasteiger partial charge is 0.549 e. The fraction of sp³-hybridized carbons (Fsp3) is 0.250. The number of carbonyl (C=O) groups excluding carboxylic acids is 2. The zero-order chi connectivity index (χ0) is 13.8. The molecule has 0 aliphatic carbocycles. The van der Waals surface area contributed by atoms with Crippen molar-refractivity contribution in [3.8, 4) is 0 Å². The number of benzene rings is 1. The van der Waals surface area contributed by atoms with Gasteiger partial charge in [-0.15, -0.1) is 0 Å². The van der Waals surface area contributed by atoms with Gasteiger partial charge in [0.15, 0.2) is 5.11 Å². The van der Waals surface area contributed by atoms with Crippen molar-refractivity contribution < 1.29 is 14.7 Å². The summed E-state index contributed by atoms with van der Waals surface area (Å²) in [6.07, 6.45) is 0. The first-order valence-corrected chi connectivity index (χ1v) is 7.13. The summed E-state index contributed by atoms with van der Waals surface area (Å²) in [5.41, 5.74) is 0.706. The number of carbonyl (C=O) groups is 2. The topological polar surface area (TPSA) is 72.5 Å². The summed E-state index contributed by atoms with van der Waals surface area (Å²) in [6, 6.07) is 8.60. The average Bonchev–Trinajstić information content (AvgIpc) is 2.65. The zero-order valence-corrected chi connectivity index (χ0v) is 11.5. The van der Waals surface area contributed by atoms with Crippen LogP contribution in [0.1, 0.15) is 0 Å². The molecule has 0 aromatic heterocycles. The number of nitrogens with zero attached hydrogens (tertiary/aromatic N) is 1. The first-order chi connectivity index (χ1) is 9.09. The molecule has 1 N–H and O–H groups in total. The maximum Gasteiger partial charge on any atom is 0.256 e. The number of carboxylic acid groups (broad SMARTS) is 1. The lowest BCUT2D eigenvalue weighted by atomic mass is 10.3. The summed E-state index contributed by atoms with van der Waals surface area (Å²) >= 11 is 6.26. The standard InChI is InChI=1S/C12H12N2O3S2/c15-10(16)7-19-6-9-11(17)14(12(18)13-9)8-4-2-1-3-5-8/h1-5,9H,6-7H2,(H,13,18)(H,15,16)/p-1. The molecule has 1 saturated heterocycles. The van der Waals surface area contributed by atoms with Gasteiger partial charge >= 0.3 is 0 Å². The minimum atomic E-state index is -1.14. The number of para-hydroxylation sites is 1. The third-order valence-electron chi connectivity index (χ3n) is 2.54. The van der Waals surface area contributed by atoms with Gasteiger partial charge in [0.25, 0.3) is 5.91 Å². The van der Waals surface area contributed by atoms with Crippen molar-refractivity contribution in [3.05, 3.63) is 30.3 Å². The normalized spacial score (nSPS) is 18.5. The van der Waals surface area contributed by atoms with E-state index in [1.54, 1.807) is 12.1 Å². The number of rotatable bonds is 5. The highest BCUT2D eigenvalue weighted by Gasteiger charge is 2.35. The molecule has 1 fully saturated rings. The fourth-order valence-corrected chi connectivity index (χ4v) is 2.81. The van der Waals surface area contributed by atoms with Gasteiger partial charge in [0.2, 0.25) is 0 Å². The number of thiocarbonyl (C=S) groups is 1. The van der Waals surface area contributed by atoms with E-state index in [9.17, 15) is 14.7 Å². The molecule has 19 heavy (non-hydrogen) atoms. The molecule has 5 nitrogen and oxygen atoms in total. The number of nitrogens with one attached hydrogen (secondary N) is 1. The van der Waals surface area contributed by atoms with Crippen LogP contribution < -0.4 is 15.3 Å². The van der Waals surface area contributed by atoms with Crippen LogP contribution in [0.25, 0.3) is 0 Å². The van der Waals surface area contributed by atoms with Gasteiger partial charge in [-0.1, -0.05) is 18.2 Å². The maximum absolute atomic E-state index is 12.2. The number of amides is 1. The molecule has 1 heterocycles. The number of thioether (sulfide) groups is 1. The number of aliphatic carboxylic acids is 1. The second-order valence-electron chi connectivity index (χ2n) is 3.90. The number of carboxylic acids is 1. The van der Waals surface area contributed by atoms with Crippen LogP contribution in [-0.2, 0) is 9.59 Å². The second kappa shape index (κ2) is 6.03. The Balaban J connectivity index is 2.03. The molecule has 0 radical (unpaired) electrons. The first kappa shape index (κ1) is 13.8. The van der Waals surface area contributed by atoms with Crippen LogP contribution in [0.3, 0.4) is 0 Å². The van der Waals surface area contributed by atoms with Crippen molar-refractivity contribution in [1.29, 1.82) is 0 Å². The van der Waals surface area contributed by atoms with E-state index in [0.29, 0.717) is 16.6 Å². The molecular formula is C12H11N2O3S2-. The molecule has 100 valence electrons. The second-order valence-corrected chi connectivity index (χ2v) is 5.32. The summed E-state index contributed by atoms with van der Waals surface area (Å²) in [5, 5.41) is 13.6. The molecule has 1 aromatic rings. The number of hydrogen-bond acceptors (Lipinski definition) is 5. The third-order valence-corrected chi connectivity index (χ3v) is 3.85. The zero-order valence-electron chi connectivity index (χ0n) is 9.87. The Morgan fingerprint density at radius 3 is 2.74 bits per heavy atom. The summed E-state index contributed by atoms with van der Waals surface area (Å²) in [5.74, 6) is -1.10. The third kappa shape index (κ3) is 3.24. The molecule has 7 heteroatoms. The average molecular weight is 295 g/mol. The van der Waals surface area contributed by atoms with Crippen molar-refractivity contribution in [2.45, 2.75) is 6.04 Å². The Labute approximate surface area is 120 Å².